The molecule has 5 nitrogen and oxygen atoms in total. The van der Waals surface area contributed by atoms with Crippen molar-refractivity contribution in [2.45, 2.75) is 32.2 Å². The van der Waals surface area contributed by atoms with Gasteiger partial charge in [0, 0.05) is 44.3 Å². The zero-order valence-electron chi connectivity index (χ0n) is 17.1. The molecule has 0 radical (unpaired) electrons. The normalized spacial score (nSPS) is 19.5. The lowest BCUT2D eigenvalue weighted by atomic mass is 10.0. The van der Waals surface area contributed by atoms with Crippen LogP contribution in [0.4, 0.5) is 16.4 Å². The maximum atomic E-state index is 5.21. The minimum absolute atomic E-state index is 0.558. The molecule has 0 amide bonds. The molecular formula is C22H30N4OS. The van der Waals surface area contributed by atoms with Crippen molar-refractivity contribution >= 4 is 33.5 Å². The van der Waals surface area contributed by atoms with Crippen LogP contribution in [-0.2, 0) is 4.74 Å². The van der Waals surface area contributed by atoms with Crippen molar-refractivity contribution in [2.75, 3.05) is 45.7 Å². The second-order valence-corrected chi connectivity index (χ2v) is 9.00. The van der Waals surface area contributed by atoms with Crippen molar-refractivity contribution in [3.05, 3.63) is 40.8 Å². The zero-order chi connectivity index (χ0) is 19.5. The Kier molecular flexibility index (Phi) is 5.99. The maximum Gasteiger partial charge on any atom is 0.139 e. The first kappa shape index (κ1) is 19.4. The molecule has 1 aromatic heterocycles. The molecular weight excluding hydrogens is 368 g/mol. The molecule has 6 heteroatoms. The van der Waals surface area contributed by atoms with Crippen molar-refractivity contribution in [1.29, 1.82) is 0 Å². The number of anilines is 2. The first-order valence-electron chi connectivity index (χ1n) is 10.2. The Hall–Kier alpha value is -1.89. The third kappa shape index (κ3) is 4.09. The van der Waals surface area contributed by atoms with Crippen LogP contribution in [0.5, 0.6) is 0 Å². The average molecular weight is 399 g/mol. The summed E-state index contributed by atoms with van der Waals surface area (Å²) in [5.74, 6) is 1.12. The van der Waals surface area contributed by atoms with Gasteiger partial charge in [-0.25, -0.2) is 4.99 Å². The lowest BCUT2D eigenvalue weighted by molar-refractivity contribution is 0.127. The summed E-state index contributed by atoms with van der Waals surface area (Å²) in [6.07, 6.45) is 3.54. The van der Waals surface area contributed by atoms with E-state index in [0.717, 1.165) is 49.9 Å². The van der Waals surface area contributed by atoms with Crippen LogP contribution in [0.3, 0.4) is 0 Å². The number of nitrogens with zero attached hydrogens (tertiary/aromatic N) is 3. The summed E-state index contributed by atoms with van der Waals surface area (Å²) in [5, 5.41) is 4.82. The third-order valence-electron chi connectivity index (χ3n) is 5.69. The van der Waals surface area contributed by atoms with E-state index in [1.165, 1.54) is 28.3 Å². The van der Waals surface area contributed by atoms with Crippen molar-refractivity contribution < 1.29 is 4.74 Å². The molecule has 1 aromatic carbocycles. The number of piperazine rings is 1. The average Bonchev–Trinajstić information content (AvgIpc) is 2.98. The Morgan fingerprint density at radius 1 is 1.25 bits per heavy atom. The number of benzene rings is 1. The van der Waals surface area contributed by atoms with Gasteiger partial charge in [0.2, 0.25) is 0 Å². The van der Waals surface area contributed by atoms with E-state index in [0.29, 0.717) is 6.04 Å². The molecule has 0 saturated carbocycles. The number of nitrogens with one attached hydrogen (secondary N) is 1. The number of ether oxygens (including phenoxy) is 1. The number of hydrogen-bond acceptors (Lipinski definition) is 6. The van der Waals surface area contributed by atoms with Gasteiger partial charge in [0.25, 0.3) is 0 Å². The van der Waals surface area contributed by atoms with E-state index in [1.54, 1.807) is 7.11 Å². The highest BCUT2D eigenvalue weighted by atomic mass is 32.1. The van der Waals surface area contributed by atoms with Gasteiger partial charge in [-0.2, -0.15) is 0 Å². The van der Waals surface area contributed by atoms with E-state index in [9.17, 15) is 0 Å². The monoisotopic (exact) mass is 398 g/mol. The number of thiophene rings is 1. The van der Waals surface area contributed by atoms with Gasteiger partial charge in [-0.05, 0) is 51.4 Å². The molecule has 2 aliphatic heterocycles. The zero-order valence-corrected chi connectivity index (χ0v) is 17.9. The number of aliphatic imine (C=N–C) groups is 1. The Balaban J connectivity index is 1.60. The summed E-state index contributed by atoms with van der Waals surface area (Å²) in [7, 11) is 4.04. The summed E-state index contributed by atoms with van der Waals surface area (Å²) in [6, 6.07) is 11.2. The van der Waals surface area contributed by atoms with Gasteiger partial charge in [-0.1, -0.05) is 12.1 Å². The summed E-state index contributed by atoms with van der Waals surface area (Å²) < 4.78 is 5.21. The Morgan fingerprint density at radius 2 is 2.11 bits per heavy atom. The number of likely N-dealkylation sites (N-methyl/N-ethyl adjacent to an activating group) is 1. The van der Waals surface area contributed by atoms with Gasteiger partial charge in [-0.15, -0.1) is 11.3 Å². The highest BCUT2D eigenvalue weighted by Gasteiger charge is 2.29. The molecule has 0 bridgehead atoms. The highest BCUT2D eigenvalue weighted by Crippen LogP contribution is 2.39. The van der Waals surface area contributed by atoms with Gasteiger partial charge < -0.3 is 15.0 Å². The van der Waals surface area contributed by atoms with E-state index in [-0.39, 0.29) is 0 Å². The molecule has 1 atom stereocenters. The summed E-state index contributed by atoms with van der Waals surface area (Å²) in [6.45, 7) is 6.14. The number of amidine groups is 1. The van der Waals surface area contributed by atoms with E-state index >= 15 is 0 Å². The molecule has 3 heterocycles. The van der Waals surface area contributed by atoms with Crippen molar-refractivity contribution in [2.24, 2.45) is 4.99 Å². The molecule has 1 N–H and O–H groups in total. The summed E-state index contributed by atoms with van der Waals surface area (Å²) in [5.41, 5.74) is 3.35. The Morgan fingerprint density at radius 3 is 2.96 bits per heavy atom. The number of rotatable bonds is 5. The SMILES string of the molecule is COCCCC[C@H]1CN(C2=Nc3ccccc3Nc3sc(C)cc32)CCN1C. The Bertz CT molecular complexity index is 847. The first-order valence-corrected chi connectivity index (χ1v) is 11.0. The predicted molar refractivity (Wildman–Crippen MR) is 119 cm³/mol. The standard InChI is InChI=1S/C22H30N4OS/c1-16-14-18-21(23-19-9-4-5-10-20(19)24-22(18)28-16)26-12-11-25(2)17(15-26)8-6-7-13-27-3/h4-5,9-10,14,17,24H,6-8,11-13,15H2,1-3H3/t17-/m0/s1. The van der Waals surface area contributed by atoms with Gasteiger partial charge in [0.05, 0.1) is 16.9 Å². The quantitative estimate of drug-likeness (QED) is 0.746. The predicted octanol–water partition coefficient (Wildman–Crippen LogP) is 4.62. The number of fused-ring (bicyclic) bond motifs is 2. The van der Waals surface area contributed by atoms with Crippen LogP contribution in [0.2, 0.25) is 0 Å². The molecule has 150 valence electrons. The topological polar surface area (TPSA) is 40.1 Å². The number of unbranched alkanes of at least 4 members (excludes halogenated alkanes) is 1. The van der Waals surface area contributed by atoms with Crippen molar-refractivity contribution in [1.82, 2.24) is 9.80 Å². The maximum absolute atomic E-state index is 5.21. The molecule has 4 rings (SSSR count). The fourth-order valence-electron chi connectivity index (χ4n) is 4.06. The highest BCUT2D eigenvalue weighted by molar-refractivity contribution is 7.16. The molecule has 1 saturated heterocycles. The largest absolute Gasteiger partial charge is 0.385 e. The molecule has 0 spiro atoms. The summed E-state index contributed by atoms with van der Waals surface area (Å²) in [4.78, 5) is 11.5. The first-order chi connectivity index (χ1) is 13.7. The van der Waals surface area contributed by atoms with Crippen LogP contribution in [0.25, 0.3) is 0 Å². The molecule has 1 fully saturated rings. The molecule has 0 unspecified atom stereocenters. The van der Waals surface area contributed by atoms with Crippen LogP contribution in [-0.4, -0.2) is 62.1 Å². The lowest BCUT2D eigenvalue weighted by Crippen LogP contribution is -2.53. The second-order valence-electron chi connectivity index (χ2n) is 7.75. The van der Waals surface area contributed by atoms with Crippen LogP contribution < -0.4 is 5.32 Å². The smallest absolute Gasteiger partial charge is 0.139 e. The van der Waals surface area contributed by atoms with E-state index in [4.69, 9.17) is 9.73 Å². The fourth-order valence-corrected chi connectivity index (χ4v) is 4.98. The van der Waals surface area contributed by atoms with E-state index < -0.39 is 0 Å². The van der Waals surface area contributed by atoms with Crippen LogP contribution in [0.1, 0.15) is 29.7 Å². The fraction of sp³-hybridized carbons (Fsp3) is 0.500. The van der Waals surface area contributed by atoms with Gasteiger partial charge in [-0.3, -0.25) is 4.90 Å². The minimum Gasteiger partial charge on any atom is -0.385 e. The molecule has 0 aliphatic carbocycles. The van der Waals surface area contributed by atoms with Gasteiger partial charge >= 0.3 is 0 Å². The van der Waals surface area contributed by atoms with Crippen LogP contribution in [0, 0.1) is 6.92 Å². The number of aryl methyl sites for hydroxylation is 1. The molecule has 2 aromatic rings. The van der Waals surface area contributed by atoms with E-state index in [2.05, 4.69) is 59.4 Å². The van der Waals surface area contributed by atoms with Crippen molar-refractivity contribution in [3.8, 4) is 0 Å². The van der Waals surface area contributed by atoms with Gasteiger partial charge in [0.1, 0.15) is 10.8 Å². The summed E-state index contributed by atoms with van der Waals surface area (Å²) >= 11 is 1.81. The molecule has 2 aliphatic rings. The lowest BCUT2D eigenvalue weighted by Gasteiger charge is -2.41. The van der Waals surface area contributed by atoms with Crippen LogP contribution >= 0.6 is 11.3 Å². The van der Waals surface area contributed by atoms with Gasteiger partial charge in [0.15, 0.2) is 0 Å². The number of methoxy groups -OCH3 is 1. The second kappa shape index (κ2) is 8.64. The number of para-hydroxylation sites is 2. The van der Waals surface area contributed by atoms with Crippen LogP contribution in [0.15, 0.2) is 35.3 Å². The molecule has 28 heavy (non-hydrogen) atoms. The minimum atomic E-state index is 0.558. The van der Waals surface area contributed by atoms with E-state index in [1.807, 2.05) is 11.3 Å². The Labute approximate surface area is 172 Å². The van der Waals surface area contributed by atoms with Crippen molar-refractivity contribution in [3.63, 3.8) is 0 Å². The number of hydrogen-bond donors (Lipinski definition) is 1. The third-order valence-corrected chi connectivity index (χ3v) is 6.65.